The number of ether oxygens (including phenoxy) is 1. The Hall–Kier alpha value is -2.69. The van der Waals surface area contributed by atoms with Crippen LogP contribution in [-0.2, 0) is 0 Å². The number of hydrogen-bond donors (Lipinski definition) is 1. The number of aromatic nitrogens is 2. The average molecular weight is 270 g/mol. The van der Waals surface area contributed by atoms with Crippen molar-refractivity contribution in [2.45, 2.75) is 0 Å². The van der Waals surface area contributed by atoms with Crippen LogP contribution in [-0.4, -0.2) is 23.1 Å². The number of nitrogens with one attached hydrogen (secondary N) is 1. The maximum atomic E-state index is 12.9. The Morgan fingerprint density at radius 2 is 1.95 bits per heavy atom. The molecule has 0 bridgehead atoms. The van der Waals surface area contributed by atoms with Crippen LogP contribution in [0.15, 0.2) is 42.5 Å². The van der Waals surface area contributed by atoms with Gasteiger partial charge in [-0.05, 0) is 36.4 Å². The predicted molar refractivity (Wildman–Crippen MR) is 72.5 cm³/mol. The summed E-state index contributed by atoms with van der Waals surface area (Å²) in [6, 6.07) is 10.7. The molecule has 0 saturated heterocycles. The highest BCUT2D eigenvalue weighted by molar-refractivity contribution is 6.14. The molecule has 2 aromatic carbocycles. The van der Waals surface area contributed by atoms with E-state index in [2.05, 4.69) is 10.2 Å². The van der Waals surface area contributed by atoms with Gasteiger partial charge in [-0.2, -0.15) is 5.10 Å². The molecule has 0 saturated carbocycles. The molecule has 0 spiro atoms. The van der Waals surface area contributed by atoms with E-state index in [4.69, 9.17) is 4.74 Å². The zero-order valence-corrected chi connectivity index (χ0v) is 10.7. The zero-order valence-electron chi connectivity index (χ0n) is 10.7. The quantitative estimate of drug-likeness (QED) is 0.744. The summed E-state index contributed by atoms with van der Waals surface area (Å²) in [6.07, 6.45) is 0. The van der Waals surface area contributed by atoms with E-state index in [1.54, 1.807) is 25.3 Å². The van der Waals surface area contributed by atoms with E-state index >= 15 is 0 Å². The fourth-order valence-corrected chi connectivity index (χ4v) is 2.04. The average Bonchev–Trinajstić information content (AvgIpc) is 2.90. The van der Waals surface area contributed by atoms with Gasteiger partial charge < -0.3 is 4.74 Å². The van der Waals surface area contributed by atoms with Gasteiger partial charge in [0.15, 0.2) is 0 Å². The molecule has 0 fully saturated rings. The van der Waals surface area contributed by atoms with Gasteiger partial charge in [0.05, 0.1) is 12.6 Å². The fraction of sp³-hybridized carbons (Fsp3) is 0.0667. The third-order valence-corrected chi connectivity index (χ3v) is 3.09. The Bertz CT molecular complexity index is 778. The first kappa shape index (κ1) is 12.3. The summed E-state index contributed by atoms with van der Waals surface area (Å²) in [5.74, 6) is 0.0570. The van der Waals surface area contributed by atoms with Crippen molar-refractivity contribution in [3.8, 4) is 5.75 Å². The molecular weight excluding hydrogens is 259 g/mol. The molecule has 100 valence electrons. The lowest BCUT2D eigenvalue weighted by molar-refractivity contribution is 0.103. The summed E-state index contributed by atoms with van der Waals surface area (Å²) in [5, 5.41) is 7.55. The molecule has 0 aliphatic carbocycles. The number of fused-ring (bicyclic) bond motifs is 1. The molecule has 0 aliphatic rings. The lowest BCUT2D eigenvalue weighted by atomic mass is 10.1. The van der Waals surface area contributed by atoms with Crippen LogP contribution in [0.1, 0.15) is 16.1 Å². The second-order valence-corrected chi connectivity index (χ2v) is 4.32. The first-order valence-corrected chi connectivity index (χ1v) is 6.01. The van der Waals surface area contributed by atoms with Gasteiger partial charge in [-0.3, -0.25) is 9.89 Å². The van der Waals surface area contributed by atoms with Gasteiger partial charge >= 0.3 is 0 Å². The molecule has 0 unspecified atom stereocenters. The second-order valence-electron chi connectivity index (χ2n) is 4.32. The Labute approximate surface area is 114 Å². The Kier molecular flexibility index (Phi) is 2.95. The number of carbonyl (C=O) groups excluding carboxylic acids is 1. The van der Waals surface area contributed by atoms with Crippen molar-refractivity contribution in [1.29, 1.82) is 0 Å². The van der Waals surface area contributed by atoms with Gasteiger partial charge in [0.2, 0.25) is 5.78 Å². The number of benzene rings is 2. The normalized spacial score (nSPS) is 10.7. The Morgan fingerprint density at radius 1 is 1.20 bits per heavy atom. The highest BCUT2D eigenvalue weighted by Gasteiger charge is 2.16. The lowest BCUT2D eigenvalue weighted by Crippen LogP contribution is -2.02. The van der Waals surface area contributed by atoms with Crippen LogP contribution in [0.4, 0.5) is 4.39 Å². The van der Waals surface area contributed by atoms with Gasteiger partial charge in [0, 0.05) is 17.0 Å². The monoisotopic (exact) mass is 270 g/mol. The zero-order chi connectivity index (χ0) is 14.1. The maximum absolute atomic E-state index is 12.9. The minimum atomic E-state index is -0.377. The van der Waals surface area contributed by atoms with Crippen LogP contribution in [0.5, 0.6) is 5.75 Å². The fourth-order valence-electron chi connectivity index (χ4n) is 2.04. The molecular formula is C15H11FN2O2. The Morgan fingerprint density at radius 3 is 2.65 bits per heavy atom. The van der Waals surface area contributed by atoms with Crippen molar-refractivity contribution in [2.24, 2.45) is 0 Å². The van der Waals surface area contributed by atoms with Crippen LogP contribution >= 0.6 is 0 Å². The van der Waals surface area contributed by atoms with E-state index in [0.29, 0.717) is 22.4 Å². The van der Waals surface area contributed by atoms with Crippen molar-refractivity contribution < 1.29 is 13.9 Å². The van der Waals surface area contributed by atoms with Gasteiger partial charge in [-0.25, -0.2) is 4.39 Å². The molecule has 0 radical (unpaired) electrons. The first-order valence-electron chi connectivity index (χ1n) is 6.01. The van der Waals surface area contributed by atoms with Gasteiger partial charge in [-0.15, -0.1) is 0 Å². The number of H-pyrrole nitrogens is 1. The number of ketones is 1. The van der Waals surface area contributed by atoms with Crippen molar-refractivity contribution in [3.63, 3.8) is 0 Å². The number of methoxy groups -OCH3 is 1. The first-order chi connectivity index (χ1) is 9.69. The van der Waals surface area contributed by atoms with E-state index in [1.807, 2.05) is 0 Å². The van der Waals surface area contributed by atoms with Crippen molar-refractivity contribution in [2.75, 3.05) is 7.11 Å². The molecule has 5 heteroatoms. The minimum absolute atomic E-state index is 0.249. The van der Waals surface area contributed by atoms with Crippen molar-refractivity contribution in [3.05, 3.63) is 59.5 Å². The minimum Gasteiger partial charge on any atom is -0.497 e. The van der Waals surface area contributed by atoms with Crippen LogP contribution in [0, 0.1) is 5.82 Å². The SMILES string of the molecule is COc1ccc2c(C(=O)c3ccc(F)cc3)n[nH]c2c1. The highest BCUT2D eigenvalue weighted by Crippen LogP contribution is 2.23. The largest absolute Gasteiger partial charge is 0.497 e. The van der Waals surface area contributed by atoms with Crippen LogP contribution in [0.3, 0.4) is 0 Å². The topological polar surface area (TPSA) is 55.0 Å². The number of rotatable bonds is 3. The predicted octanol–water partition coefficient (Wildman–Crippen LogP) is 2.94. The van der Waals surface area contributed by atoms with Gasteiger partial charge in [0.25, 0.3) is 0 Å². The van der Waals surface area contributed by atoms with E-state index in [-0.39, 0.29) is 11.6 Å². The summed E-state index contributed by atoms with van der Waals surface area (Å²) in [4.78, 5) is 12.4. The van der Waals surface area contributed by atoms with E-state index < -0.39 is 0 Å². The second kappa shape index (κ2) is 4.77. The lowest BCUT2D eigenvalue weighted by Gasteiger charge is -2.00. The summed E-state index contributed by atoms with van der Waals surface area (Å²) in [7, 11) is 1.57. The highest BCUT2D eigenvalue weighted by atomic mass is 19.1. The third-order valence-electron chi connectivity index (χ3n) is 3.09. The van der Waals surface area contributed by atoms with E-state index in [9.17, 15) is 9.18 Å². The molecule has 0 atom stereocenters. The molecule has 0 aliphatic heterocycles. The van der Waals surface area contributed by atoms with Crippen molar-refractivity contribution in [1.82, 2.24) is 10.2 Å². The van der Waals surface area contributed by atoms with Crippen molar-refractivity contribution >= 4 is 16.7 Å². The molecule has 0 amide bonds. The standard InChI is InChI=1S/C15H11FN2O2/c1-20-11-6-7-12-13(8-11)17-18-14(12)15(19)9-2-4-10(16)5-3-9/h2-8H,1H3,(H,17,18). The molecule has 1 heterocycles. The van der Waals surface area contributed by atoms with Crippen LogP contribution in [0.25, 0.3) is 10.9 Å². The molecule has 1 aromatic heterocycles. The summed E-state index contributed by atoms with van der Waals surface area (Å²) in [5.41, 5.74) is 1.43. The molecule has 20 heavy (non-hydrogen) atoms. The van der Waals surface area contributed by atoms with E-state index in [1.165, 1.54) is 24.3 Å². The smallest absolute Gasteiger partial charge is 0.213 e. The van der Waals surface area contributed by atoms with Crippen LogP contribution < -0.4 is 4.74 Å². The third kappa shape index (κ3) is 2.03. The summed E-state index contributed by atoms with van der Waals surface area (Å²) >= 11 is 0. The molecule has 3 rings (SSSR count). The maximum Gasteiger partial charge on any atom is 0.213 e. The molecule has 1 N–H and O–H groups in total. The van der Waals surface area contributed by atoms with Gasteiger partial charge in [-0.1, -0.05) is 0 Å². The molecule has 4 nitrogen and oxygen atoms in total. The summed E-state index contributed by atoms with van der Waals surface area (Å²) < 4.78 is 18.0. The number of hydrogen-bond acceptors (Lipinski definition) is 3. The summed E-state index contributed by atoms with van der Waals surface area (Å²) in [6.45, 7) is 0. The number of nitrogens with zero attached hydrogens (tertiary/aromatic N) is 1. The Balaban J connectivity index is 2.05. The van der Waals surface area contributed by atoms with E-state index in [0.717, 1.165) is 5.52 Å². The number of carbonyl (C=O) groups is 1. The van der Waals surface area contributed by atoms with Gasteiger partial charge in [0.1, 0.15) is 17.3 Å². The number of halogens is 1. The molecule has 3 aromatic rings. The van der Waals surface area contributed by atoms with Crippen LogP contribution in [0.2, 0.25) is 0 Å². The number of aromatic amines is 1.